The number of hydrogen-bond donors (Lipinski definition) is 0. The van der Waals surface area contributed by atoms with Gasteiger partial charge >= 0.3 is 0 Å². The van der Waals surface area contributed by atoms with Crippen molar-refractivity contribution in [2.24, 2.45) is 0 Å². The van der Waals surface area contributed by atoms with Crippen molar-refractivity contribution in [3.8, 4) is 23.4 Å². The highest BCUT2D eigenvalue weighted by Gasteiger charge is 2.24. The van der Waals surface area contributed by atoms with Crippen molar-refractivity contribution in [3.05, 3.63) is 58.1 Å². The number of hydrogen-bond acceptors (Lipinski definition) is 6. The van der Waals surface area contributed by atoms with Crippen molar-refractivity contribution in [2.45, 2.75) is 19.3 Å². The number of pyridine rings is 2. The molecule has 0 aliphatic carbocycles. The molecule has 8 heteroatoms. The molecule has 1 fully saturated rings. The Labute approximate surface area is 179 Å². The minimum atomic E-state index is -0.367. The average molecular weight is 418 g/mol. The molecule has 0 bridgehead atoms. The Morgan fingerprint density at radius 2 is 1.74 bits per heavy atom. The van der Waals surface area contributed by atoms with Gasteiger partial charge in [0.2, 0.25) is 0 Å². The molecule has 1 saturated heterocycles. The predicted octanol–water partition coefficient (Wildman–Crippen LogP) is 2.90. The predicted molar refractivity (Wildman–Crippen MR) is 115 cm³/mol. The second kappa shape index (κ2) is 8.48. The number of piperidine rings is 1. The number of amides is 1. The fourth-order valence-electron chi connectivity index (χ4n) is 3.89. The molecule has 3 heterocycles. The summed E-state index contributed by atoms with van der Waals surface area (Å²) in [6, 6.07) is 8.37. The number of fused-ring (bicyclic) bond motifs is 1. The summed E-state index contributed by atoms with van der Waals surface area (Å²) in [6.07, 6.45) is 5.97. The van der Waals surface area contributed by atoms with Gasteiger partial charge in [0, 0.05) is 30.9 Å². The molecule has 0 spiro atoms. The minimum absolute atomic E-state index is 0.151. The summed E-state index contributed by atoms with van der Waals surface area (Å²) in [6.45, 7) is 1.35. The summed E-state index contributed by atoms with van der Waals surface area (Å²) in [5.74, 6) is 0.944. The Balaban J connectivity index is 2.01. The van der Waals surface area contributed by atoms with Crippen molar-refractivity contribution >= 4 is 16.7 Å². The number of nitriles is 1. The quantitative estimate of drug-likeness (QED) is 0.646. The molecule has 0 unspecified atom stereocenters. The largest absolute Gasteiger partial charge is 0.493 e. The van der Waals surface area contributed by atoms with Crippen LogP contribution in [0.1, 0.15) is 35.2 Å². The van der Waals surface area contributed by atoms with Crippen molar-refractivity contribution in [3.63, 3.8) is 0 Å². The number of ether oxygens (including phenoxy) is 2. The maximum Gasteiger partial charge on any atom is 0.264 e. The van der Waals surface area contributed by atoms with E-state index < -0.39 is 0 Å². The van der Waals surface area contributed by atoms with E-state index in [0.29, 0.717) is 46.5 Å². The van der Waals surface area contributed by atoms with Gasteiger partial charge in [-0.3, -0.25) is 14.2 Å². The molecule has 4 rings (SSSR count). The van der Waals surface area contributed by atoms with E-state index in [1.165, 1.54) is 37.2 Å². The number of rotatable bonds is 4. The summed E-state index contributed by atoms with van der Waals surface area (Å²) in [5.41, 5.74) is 0.378. The molecule has 0 radical (unpaired) electrons. The van der Waals surface area contributed by atoms with Gasteiger partial charge in [-0.1, -0.05) is 0 Å². The van der Waals surface area contributed by atoms with Crippen molar-refractivity contribution in [2.75, 3.05) is 27.3 Å². The van der Waals surface area contributed by atoms with Crippen molar-refractivity contribution in [1.29, 1.82) is 5.26 Å². The van der Waals surface area contributed by atoms with E-state index in [1.54, 1.807) is 18.2 Å². The maximum absolute atomic E-state index is 13.5. The Morgan fingerprint density at radius 3 is 2.39 bits per heavy atom. The summed E-state index contributed by atoms with van der Waals surface area (Å²) < 4.78 is 12.1. The van der Waals surface area contributed by atoms with E-state index in [1.807, 2.05) is 11.0 Å². The number of nitrogens with zero attached hydrogens (tertiary/aromatic N) is 4. The highest BCUT2D eigenvalue weighted by Crippen LogP contribution is 2.33. The summed E-state index contributed by atoms with van der Waals surface area (Å²) in [4.78, 5) is 32.9. The monoisotopic (exact) mass is 418 g/mol. The van der Waals surface area contributed by atoms with Gasteiger partial charge in [-0.25, -0.2) is 4.98 Å². The zero-order valence-electron chi connectivity index (χ0n) is 17.4. The standard InChI is InChI=1S/C23H22N4O4/c1-30-19-11-16-17(12-20(19)31-2)23(29)27(21-10-15(13-24)6-7-25-21)14-18(16)22(28)26-8-4-3-5-9-26/h6-7,10-12,14H,3-5,8-9H2,1-2H3. The van der Waals surface area contributed by atoms with E-state index >= 15 is 0 Å². The van der Waals surface area contributed by atoms with Crippen LogP contribution in [-0.4, -0.2) is 47.7 Å². The SMILES string of the molecule is COc1cc2c(C(=O)N3CCCCC3)cn(-c3cc(C#N)ccn3)c(=O)c2cc1OC. The van der Waals surface area contributed by atoms with Gasteiger partial charge in [0.1, 0.15) is 5.82 Å². The summed E-state index contributed by atoms with van der Waals surface area (Å²) in [7, 11) is 3.00. The lowest BCUT2D eigenvalue weighted by Crippen LogP contribution is -2.36. The highest BCUT2D eigenvalue weighted by atomic mass is 16.5. The molecular formula is C23H22N4O4. The van der Waals surface area contributed by atoms with Crippen molar-refractivity contribution in [1.82, 2.24) is 14.5 Å². The van der Waals surface area contributed by atoms with Crippen LogP contribution < -0.4 is 15.0 Å². The number of benzene rings is 1. The first-order chi connectivity index (χ1) is 15.1. The number of carbonyl (C=O) groups excluding carboxylic acids is 1. The first-order valence-electron chi connectivity index (χ1n) is 10.0. The van der Waals surface area contributed by atoms with Gasteiger partial charge in [-0.05, 0) is 43.5 Å². The molecule has 158 valence electrons. The molecular weight excluding hydrogens is 396 g/mol. The number of methoxy groups -OCH3 is 2. The van der Waals surface area contributed by atoms with Gasteiger partial charge in [-0.2, -0.15) is 5.26 Å². The third-order valence-corrected chi connectivity index (χ3v) is 5.52. The molecule has 31 heavy (non-hydrogen) atoms. The smallest absolute Gasteiger partial charge is 0.264 e. The molecule has 8 nitrogen and oxygen atoms in total. The van der Waals surface area contributed by atoms with Crippen LogP contribution in [0.25, 0.3) is 16.6 Å². The first-order valence-corrected chi connectivity index (χ1v) is 10.0. The molecule has 1 amide bonds. The molecule has 1 aromatic carbocycles. The van der Waals surface area contributed by atoms with Gasteiger partial charge in [0.05, 0.1) is 36.8 Å². The van der Waals surface area contributed by atoms with Crippen LogP contribution in [-0.2, 0) is 0 Å². The third-order valence-electron chi connectivity index (χ3n) is 5.52. The zero-order chi connectivity index (χ0) is 22.0. The molecule has 0 N–H and O–H groups in total. The normalized spacial score (nSPS) is 13.6. The van der Waals surface area contributed by atoms with Crippen LogP contribution in [0, 0.1) is 11.3 Å². The number of carbonyl (C=O) groups is 1. The van der Waals surface area contributed by atoms with Crippen LogP contribution in [0.5, 0.6) is 11.5 Å². The van der Waals surface area contributed by atoms with Gasteiger partial charge < -0.3 is 14.4 Å². The topological polar surface area (TPSA) is 97.5 Å². The average Bonchev–Trinajstić information content (AvgIpc) is 2.83. The van der Waals surface area contributed by atoms with E-state index in [4.69, 9.17) is 9.47 Å². The van der Waals surface area contributed by atoms with Crippen molar-refractivity contribution < 1.29 is 14.3 Å². The number of aromatic nitrogens is 2. The van der Waals surface area contributed by atoms with E-state index in [2.05, 4.69) is 4.98 Å². The molecule has 0 saturated carbocycles. The fourth-order valence-corrected chi connectivity index (χ4v) is 3.89. The Morgan fingerprint density at radius 1 is 1.06 bits per heavy atom. The van der Waals surface area contributed by atoms with Crippen LogP contribution >= 0.6 is 0 Å². The van der Waals surface area contributed by atoms with E-state index in [-0.39, 0.29) is 17.3 Å². The second-order valence-electron chi connectivity index (χ2n) is 7.34. The Hall–Kier alpha value is -3.86. The van der Waals surface area contributed by atoms with Gasteiger partial charge in [0.15, 0.2) is 11.5 Å². The maximum atomic E-state index is 13.5. The first kappa shape index (κ1) is 20.4. The van der Waals surface area contributed by atoms with Crippen LogP contribution in [0.4, 0.5) is 0 Å². The molecule has 0 atom stereocenters. The third kappa shape index (κ3) is 3.70. The molecule has 3 aromatic rings. The summed E-state index contributed by atoms with van der Waals surface area (Å²) >= 11 is 0. The van der Waals surface area contributed by atoms with E-state index in [0.717, 1.165) is 19.3 Å². The lowest BCUT2D eigenvalue weighted by molar-refractivity contribution is 0.0725. The Kier molecular flexibility index (Phi) is 5.58. The molecule has 1 aliphatic rings. The lowest BCUT2D eigenvalue weighted by atomic mass is 10.0. The number of likely N-dealkylation sites (tertiary alicyclic amines) is 1. The molecule has 2 aromatic heterocycles. The van der Waals surface area contributed by atoms with Crippen LogP contribution in [0.2, 0.25) is 0 Å². The minimum Gasteiger partial charge on any atom is -0.493 e. The van der Waals surface area contributed by atoms with Gasteiger partial charge in [-0.15, -0.1) is 0 Å². The lowest BCUT2D eigenvalue weighted by Gasteiger charge is -2.27. The highest BCUT2D eigenvalue weighted by molar-refractivity contribution is 6.07. The second-order valence-corrected chi connectivity index (χ2v) is 7.34. The zero-order valence-corrected chi connectivity index (χ0v) is 17.4. The van der Waals surface area contributed by atoms with E-state index in [9.17, 15) is 14.9 Å². The Bertz CT molecular complexity index is 1250. The molecule has 1 aliphatic heterocycles. The van der Waals surface area contributed by atoms with Crippen LogP contribution in [0.3, 0.4) is 0 Å². The van der Waals surface area contributed by atoms with Gasteiger partial charge in [0.25, 0.3) is 11.5 Å². The summed E-state index contributed by atoms with van der Waals surface area (Å²) in [5, 5.41) is 10.0. The van der Waals surface area contributed by atoms with Crippen LogP contribution in [0.15, 0.2) is 41.5 Å². The fraction of sp³-hybridized carbons (Fsp3) is 0.304.